The van der Waals surface area contributed by atoms with Crippen molar-refractivity contribution in [2.24, 2.45) is 5.73 Å². The summed E-state index contributed by atoms with van der Waals surface area (Å²) in [5.74, 6) is -1.03. The third kappa shape index (κ3) is 5.94. The summed E-state index contributed by atoms with van der Waals surface area (Å²) in [5, 5.41) is 12.1. The molecule has 0 aliphatic rings. The molecule has 2 heterocycles. The van der Waals surface area contributed by atoms with E-state index < -0.39 is 11.9 Å². The summed E-state index contributed by atoms with van der Waals surface area (Å²) in [4.78, 5) is 39.2. The van der Waals surface area contributed by atoms with Crippen LogP contribution in [0.5, 0.6) is 0 Å². The van der Waals surface area contributed by atoms with Gasteiger partial charge in [-0.15, -0.1) is 28.1 Å². The number of rotatable bonds is 11. The van der Waals surface area contributed by atoms with Crippen molar-refractivity contribution >= 4 is 51.6 Å². The number of allylic oxidation sites excluding steroid dienone is 1. The first-order valence-corrected chi connectivity index (χ1v) is 12.8. The molecule has 1 aromatic carbocycles. The van der Waals surface area contributed by atoms with Crippen molar-refractivity contribution in [3.05, 3.63) is 52.9 Å². The number of hydrogen-bond acceptors (Lipinski definition) is 9. The molecule has 2 amide bonds. The number of esters is 1. The zero-order valence-electron chi connectivity index (χ0n) is 20.5. The molecule has 0 spiro atoms. The second-order valence-corrected chi connectivity index (χ2v) is 9.80. The number of anilines is 2. The van der Waals surface area contributed by atoms with Crippen LogP contribution >= 0.6 is 23.1 Å². The predicted octanol–water partition coefficient (Wildman–Crippen LogP) is 3.57. The van der Waals surface area contributed by atoms with Gasteiger partial charge in [0.1, 0.15) is 5.00 Å². The van der Waals surface area contributed by atoms with Crippen molar-refractivity contribution in [1.82, 2.24) is 14.8 Å². The molecule has 190 valence electrons. The molecule has 0 atom stereocenters. The van der Waals surface area contributed by atoms with E-state index in [0.717, 1.165) is 22.6 Å². The topological polar surface area (TPSA) is 132 Å². The third-order valence-corrected chi connectivity index (χ3v) is 7.27. The van der Waals surface area contributed by atoms with Crippen molar-refractivity contribution in [2.75, 3.05) is 36.7 Å². The van der Waals surface area contributed by atoms with E-state index in [4.69, 9.17) is 10.5 Å². The number of hydrogen-bond donors (Lipinski definition) is 2. The fourth-order valence-corrected chi connectivity index (χ4v) is 5.22. The summed E-state index contributed by atoms with van der Waals surface area (Å²) < 4.78 is 6.97. The Morgan fingerprint density at radius 1 is 1.31 bits per heavy atom. The van der Waals surface area contributed by atoms with Gasteiger partial charge in [-0.25, -0.2) is 4.79 Å². The lowest BCUT2D eigenvalue weighted by atomic mass is 10.1. The average Bonchev–Trinajstić information content (AvgIpc) is 3.38. The molecule has 0 bridgehead atoms. The number of thioether (sulfide) groups is 1. The minimum atomic E-state index is -0.679. The van der Waals surface area contributed by atoms with Gasteiger partial charge in [0.05, 0.1) is 22.8 Å². The number of nitrogens with zero attached hydrogens (tertiary/aromatic N) is 4. The number of carbonyl (C=O) groups is 3. The zero-order valence-corrected chi connectivity index (χ0v) is 22.2. The molecule has 0 fully saturated rings. The van der Waals surface area contributed by atoms with Crippen LogP contribution in [0.3, 0.4) is 0 Å². The summed E-state index contributed by atoms with van der Waals surface area (Å²) in [7, 11) is 3.92. The maximum absolute atomic E-state index is 12.8. The van der Waals surface area contributed by atoms with Crippen molar-refractivity contribution in [2.45, 2.75) is 25.5 Å². The molecule has 0 aliphatic carbocycles. The maximum Gasteiger partial charge on any atom is 0.341 e. The van der Waals surface area contributed by atoms with Crippen LogP contribution in [-0.4, -0.2) is 59.0 Å². The molecule has 0 saturated heterocycles. The second kappa shape index (κ2) is 11.9. The Morgan fingerprint density at radius 2 is 2.06 bits per heavy atom. The lowest BCUT2D eigenvalue weighted by Crippen LogP contribution is -2.17. The molecule has 2 aromatic heterocycles. The van der Waals surface area contributed by atoms with Gasteiger partial charge in [-0.05, 0) is 31.5 Å². The monoisotopic (exact) mass is 528 g/mol. The van der Waals surface area contributed by atoms with Crippen LogP contribution in [0.2, 0.25) is 0 Å². The van der Waals surface area contributed by atoms with Crippen molar-refractivity contribution in [3.8, 4) is 11.4 Å². The Kier molecular flexibility index (Phi) is 8.88. The Bertz CT molecular complexity index is 1300. The van der Waals surface area contributed by atoms with Crippen LogP contribution < -0.4 is 16.0 Å². The Morgan fingerprint density at radius 3 is 2.69 bits per heavy atom. The molecule has 36 heavy (non-hydrogen) atoms. The largest absolute Gasteiger partial charge is 0.462 e. The minimum Gasteiger partial charge on any atom is -0.462 e. The molecule has 0 saturated carbocycles. The van der Waals surface area contributed by atoms with Crippen molar-refractivity contribution in [3.63, 3.8) is 0 Å². The van der Waals surface area contributed by atoms with Gasteiger partial charge in [0.2, 0.25) is 5.91 Å². The predicted molar refractivity (Wildman–Crippen MR) is 143 cm³/mol. The number of thiophene rings is 1. The van der Waals surface area contributed by atoms with Gasteiger partial charge in [0.15, 0.2) is 11.0 Å². The standard InChI is InChI=1S/C24H28N6O4S2/c1-6-11-30-21(15-9-8-10-16(12-15)29(4)5)27-28-24(30)35-13-17(31)26-22-18(23(33)34-7-2)14(3)19(36-22)20(25)32/h6,8-10,12H,1,7,11,13H2,2-5H3,(H2,25,32)(H,26,31). The number of nitrogens with two attached hydrogens (primary N) is 1. The molecule has 0 unspecified atom stereocenters. The van der Waals surface area contributed by atoms with Crippen LogP contribution in [0, 0.1) is 6.92 Å². The van der Waals surface area contributed by atoms with E-state index in [1.165, 1.54) is 11.8 Å². The van der Waals surface area contributed by atoms with Gasteiger partial charge in [0.25, 0.3) is 5.91 Å². The summed E-state index contributed by atoms with van der Waals surface area (Å²) in [6.45, 7) is 7.70. The summed E-state index contributed by atoms with van der Waals surface area (Å²) in [6.07, 6.45) is 1.73. The Balaban J connectivity index is 1.81. The fraction of sp³-hybridized carbons (Fsp3) is 0.292. The SMILES string of the molecule is C=CCn1c(SCC(=O)Nc2sc(C(N)=O)c(C)c2C(=O)OCC)nnc1-c1cccc(N(C)C)c1. The molecular formula is C24H28N6O4S2. The highest BCUT2D eigenvalue weighted by Gasteiger charge is 2.26. The van der Waals surface area contributed by atoms with E-state index in [1.807, 2.05) is 47.8 Å². The molecule has 0 aliphatic heterocycles. The number of aromatic nitrogens is 3. The van der Waals surface area contributed by atoms with Crippen LogP contribution in [-0.2, 0) is 16.1 Å². The first-order chi connectivity index (χ1) is 17.2. The quantitative estimate of drug-likeness (QED) is 0.219. The van der Waals surface area contributed by atoms with E-state index in [-0.39, 0.29) is 33.7 Å². The summed E-state index contributed by atoms with van der Waals surface area (Å²) >= 11 is 2.15. The highest BCUT2D eigenvalue weighted by molar-refractivity contribution is 7.99. The number of primary amides is 1. The Labute approximate surface area is 217 Å². The lowest BCUT2D eigenvalue weighted by molar-refractivity contribution is -0.113. The number of benzene rings is 1. The van der Waals surface area contributed by atoms with E-state index in [0.29, 0.717) is 23.1 Å². The first kappa shape index (κ1) is 27.0. The normalized spacial score (nSPS) is 10.7. The number of nitrogens with one attached hydrogen (secondary N) is 1. The molecule has 3 rings (SSSR count). The second-order valence-electron chi connectivity index (χ2n) is 7.83. The number of carbonyl (C=O) groups excluding carboxylic acids is 3. The van der Waals surface area contributed by atoms with Gasteiger partial charge < -0.3 is 20.7 Å². The minimum absolute atomic E-state index is 0.00185. The van der Waals surface area contributed by atoms with Crippen LogP contribution in [0.25, 0.3) is 11.4 Å². The van der Waals surface area contributed by atoms with E-state index in [2.05, 4.69) is 22.1 Å². The van der Waals surface area contributed by atoms with Gasteiger partial charge in [0, 0.05) is 31.9 Å². The highest BCUT2D eigenvalue weighted by Crippen LogP contribution is 2.34. The lowest BCUT2D eigenvalue weighted by Gasteiger charge is -2.14. The van der Waals surface area contributed by atoms with E-state index >= 15 is 0 Å². The summed E-state index contributed by atoms with van der Waals surface area (Å²) in [6, 6.07) is 7.90. The van der Waals surface area contributed by atoms with Gasteiger partial charge in [-0.2, -0.15) is 0 Å². The summed E-state index contributed by atoms with van der Waals surface area (Å²) in [5.41, 5.74) is 7.85. The fourth-order valence-electron chi connectivity index (χ4n) is 3.40. The van der Waals surface area contributed by atoms with E-state index in [9.17, 15) is 14.4 Å². The van der Waals surface area contributed by atoms with Gasteiger partial charge in [-0.1, -0.05) is 30.0 Å². The third-order valence-electron chi connectivity index (χ3n) is 5.08. The Hall–Kier alpha value is -3.64. The van der Waals surface area contributed by atoms with Crippen LogP contribution in [0.15, 0.2) is 42.1 Å². The smallest absolute Gasteiger partial charge is 0.341 e. The number of amides is 2. The van der Waals surface area contributed by atoms with Crippen molar-refractivity contribution < 1.29 is 19.1 Å². The van der Waals surface area contributed by atoms with Gasteiger partial charge >= 0.3 is 5.97 Å². The van der Waals surface area contributed by atoms with Crippen molar-refractivity contribution in [1.29, 1.82) is 0 Å². The number of ether oxygens (including phenoxy) is 1. The molecule has 12 heteroatoms. The highest BCUT2D eigenvalue weighted by atomic mass is 32.2. The van der Waals surface area contributed by atoms with E-state index in [1.54, 1.807) is 19.9 Å². The molecular weight excluding hydrogens is 500 g/mol. The average molecular weight is 529 g/mol. The molecule has 3 N–H and O–H groups in total. The molecule has 0 radical (unpaired) electrons. The zero-order chi connectivity index (χ0) is 26.4. The van der Waals surface area contributed by atoms with Crippen LogP contribution in [0.4, 0.5) is 10.7 Å². The molecule has 10 nitrogen and oxygen atoms in total. The maximum atomic E-state index is 12.8. The van der Waals surface area contributed by atoms with Crippen LogP contribution in [0.1, 0.15) is 32.5 Å². The van der Waals surface area contributed by atoms with Gasteiger partial charge in [-0.3, -0.25) is 14.2 Å². The first-order valence-electron chi connectivity index (χ1n) is 11.0. The molecule has 3 aromatic rings.